The molecule has 0 saturated carbocycles. The number of thiophene rings is 1. The van der Waals surface area contributed by atoms with Gasteiger partial charge in [0.25, 0.3) is 5.91 Å². The van der Waals surface area contributed by atoms with E-state index in [1.807, 2.05) is 7.05 Å². The van der Waals surface area contributed by atoms with Crippen LogP contribution in [0.15, 0.2) is 40.3 Å². The van der Waals surface area contributed by atoms with Gasteiger partial charge in [-0.25, -0.2) is 20.0 Å². The van der Waals surface area contributed by atoms with Crippen molar-refractivity contribution in [3.05, 3.63) is 56.6 Å². The van der Waals surface area contributed by atoms with E-state index in [2.05, 4.69) is 65.3 Å². The third-order valence-corrected chi connectivity index (χ3v) is 7.87. The largest absolute Gasteiger partial charge is 0.505 e. The number of likely N-dealkylation sites (N-methyl/N-ethyl adjacent to an activating group) is 1. The zero-order chi connectivity index (χ0) is 27.0. The summed E-state index contributed by atoms with van der Waals surface area (Å²) in [6.07, 6.45) is 0. The third-order valence-electron chi connectivity index (χ3n) is 6.80. The van der Waals surface area contributed by atoms with Gasteiger partial charge < -0.3 is 25.5 Å². The Balaban J connectivity index is 1.49. The molecule has 4 heterocycles. The Morgan fingerprint density at radius 1 is 1.03 bits per heavy atom. The van der Waals surface area contributed by atoms with Crippen LogP contribution in [0.4, 0.5) is 17.3 Å². The zero-order valence-corrected chi connectivity index (χ0v) is 23.3. The Labute approximate surface area is 226 Å². The van der Waals surface area contributed by atoms with Crippen molar-refractivity contribution in [2.45, 2.75) is 33.7 Å². The zero-order valence-electron chi connectivity index (χ0n) is 22.4. The van der Waals surface area contributed by atoms with E-state index >= 15 is 0 Å². The van der Waals surface area contributed by atoms with Crippen LogP contribution in [0.3, 0.4) is 0 Å². The van der Waals surface area contributed by atoms with Gasteiger partial charge in [-0.2, -0.15) is 0 Å². The molecule has 1 atom stereocenters. The Morgan fingerprint density at radius 3 is 2.34 bits per heavy atom. The molecule has 38 heavy (non-hydrogen) atoms. The van der Waals surface area contributed by atoms with Crippen molar-refractivity contribution in [2.24, 2.45) is 15.4 Å². The first kappa shape index (κ1) is 26.1. The van der Waals surface area contributed by atoms with Crippen molar-refractivity contribution in [3.63, 3.8) is 0 Å². The number of para-hydroxylation sites is 1. The lowest BCUT2D eigenvalue weighted by molar-refractivity contribution is 0.0661. The molecule has 5 rings (SSSR count). The van der Waals surface area contributed by atoms with Crippen molar-refractivity contribution in [1.82, 2.24) is 19.8 Å². The summed E-state index contributed by atoms with van der Waals surface area (Å²) in [5.41, 5.74) is 1.42. The normalized spacial score (nSPS) is 16.4. The number of phenols is 1. The van der Waals surface area contributed by atoms with Gasteiger partial charge in [-0.15, -0.1) is 11.3 Å². The highest BCUT2D eigenvalue weighted by Crippen LogP contribution is 2.40. The van der Waals surface area contributed by atoms with E-state index in [0.29, 0.717) is 41.4 Å². The lowest BCUT2D eigenvalue weighted by atomic mass is 9.86. The molecule has 1 saturated heterocycles. The smallest absolute Gasteiger partial charge is 0.257 e. The molecule has 0 radical (unpaired) electrons. The molecule has 3 aromatic rings. The molecule has 10 nitrogen and oxygen atoms in total. The van der Waals surface area contributed by atoms with Crippen LogP contribution < -0.4 is 21.6 Å². The van der Waals surface area contributed by atoms with Crippen LogP contribution in [0.5, 0.6) is 5.75 Å². The highest BCUT2D eigenvalue weighted by molar-refractivity contribution is 7.12. The van der Waals surface area contributed by atoms with Crippen LogP contribution in [0.25, 0.3) is 0 Å². The van der Waals surface area contributed by atoms with Crippen LogP contribution >= 0.6 is 11.3 Å². The Bertz CT molecular complexity index is 1470. The minimum absolute atomic E-state index is 0.0498. The fourth-order valence-electron chi connectivity index (χ4n) is 4.57. The predicted octanol–water partition coefficient (Wildman–Crippen LogP) is 3.09. The lowest BCUT2D eigenvalue weighted by Crippen LogP contribution is -2.47. The number of aryl methyl sites for hydroxylation is 1. The van der Waals surface area contributed by atoms with Gasteiger partial charge in [-0.05, 0) is 43.7 Å². The second-order valence-corrected chi connectivity index (χ2v) is 12.2. The Morgan fingerprint density at radius 2 is 1.71 bits per heavy atom. The summed E-state index contributed by atoms with van der Waals surface area (Å²) in [5, 5.41) is 18.0. The first-order chi connectivity index (χ1) is 18.1. The van der Waals surface area contributed by atoms with E-state index in [1.54, 1.807) is 34.4 Å². The number of nitrogens with zero attached hydrogens (tertiary/aromatic N) is 6. The van der Waals surface area contributed by atoms with Crippen molar-refractivity contribution in [2.75, 3.05) is 50.5 Å². The molecule has 1 fully saturated rings. The maximum atomic E-state index is 13.2. The molecule has 3 N–H and O–H groups in total. The molecule has 1 amide bonds. The number of benzene rings is 1. The van der Waals surface area contributed by atoms with Crippen LogP contribution in [0.2, 0.25) is 0 Å². The number of hydrogen-bond acceptors (Lipinski definition) is 10. The summed E-state index contributed by atoms with van der Waals surface area (Å²) in [6, 6.07) is 9.33. The number of rotatable bonds is 6. The molecule has 0 aliphatic carbocycles. The summed E-state index contributed by atoms with van der Waals surface area (Å²) in [6.45, 7) is 11.7. The van der Waals surface area contributed by atoms with Gasteiger partial charge >= 0.3 is 0 Å². The summed E-state index contributed by atoms with van der Waals surface area (Å²) >= 11 is 1.74. The number of carbonyl (C=O) groups is 1. The Kier molecular flexibility index (Phi) is 7.06. The van der Waals surface area contributed by atoms with Gasteiger partial charge in [0, 0.05) is 35.9 Å². The number of amides is 1. The van der Waals surface area contributed by atoms with Crippen LogP contribution in [-0.4, -0.2) is 70.7 Å². The molecule has 0 spiro atoms. The number of anilines is 3. The fourth-order valence-corrected chi connectivity index (χ4v) is 5.75. The van der Waals surface area contributed by atoms with Gasteiger partial charge in [0.1, 0.15) is 6.67 Å². The molecule has 0 unspecified atom stereocenters. The number of phenolic OH excluding ortho intramolecular Hbond substituents is 1. The van der Waals surface area contributed by atoms with Crippen LogP contribution in [0, 0.1) is 12.3 Å². The number of aromatic hydroxyl groups is 1. The minimum atomic E-state index is -0.188. The summed E-state index contributed by atoms with van der Waals surface area (Å²) < 4.78 is 0. The molecule has 2 aliphatic heterocycles. The minimum Gasteiger partial charge on any atom is -0.505 e. The number of aromatic nitrogens is 2. The van der Waals surface area contributed by atoms with E-state index in [0.717, 1.165) is 13.1 Å². The quantitative estimate of drug-likeness (QED) is 0.416. The van der Waals surface area contributed by atoms with Crippen LogP contribution in [0.1, 0.15) is 46.9 Å². The molecule has 2 aromatic heterocycles. The number of piperazine rings is 1. The second kappa shape index (κ2) is 10.3. The highest BCUT2D eigenvalue weighted by atomic mass is 32.1. The molecule has 200 valence electrons. The summed E-state index contributed by atoms with van der Waals surface area (Å²) in [7, 11) is 2.04. The molecular formula is C27H34N8O2S. The average Bonchev–Trinajstić information content (AvgIpc) is 3.51. The second-order valence-electron chi connectivity index (χ2n) is 10.8. The first-order valence-electron chi connectivity index (χ1n) is 12.8. The number of fused-ring (bicyclic) bond motifs is 1. The highest BCUT2D eigenvalue weighted by Gasteiger charge is 2.30. The predicted molar refractivity (Wildman–Crippen MR) is 149 cm³/mol. The standard InChI is InChI=1S/C27H34N8O2S/c1-16-9-10-19(38-16)21(27(2,3)4)31-25-24(32-22-23(33-25)29-15-28-22)30-18-8-6-7-17(20(18)36)26(37)35-13-11-34(5)12-14-35/h6-10,21,36H,11-15H2,1-5H3,(H,28,30,32)(H,29,31,33)/t21-/m0/s1. The first-order valence-corrected chi connectivity index (χ1v) is 13.6. The maximum absolute atomic E-state index is 13.2. The lowest BCUT2D eigenvalue weighted by Gasteiger charge is -2.32. The van der Waals surface area contributed by atoms with E-state index in [1.165, 1.54) is 9.75 Å². The maximum Gasteiger partial charge on any atom is 0.257 e. The topological polar surface area (TPSA) is 118 Å². The molecule has 2 aliphatic rings. The average molecular weight is 535 g/mol. The van der Waals surface area contributed by atoms with Gasteiger partial charge in [0.05, 0.1) is 17.3 Å². The molecule has 1 aromatic carbocycles. The third kappa shape index (κ3) is 5.34. The van der Waals surface area contributed by atoms with E-state index < -0.39 is 0 Å². The molecule has 0 bridgehead atoms. The Hall–Kier alpha value is -3.57. The number of hydrogen-bond donors (Lipinski definition) is 3. The van der Waals surface area contributed by atoms with Gasteiger partial charge in [-0.1, -0.05) is 26.8 Å². The van der Waals surface area contributed by atoms with Crippen molar-refractivity contribution in [1.29, 1.82) is 0 Å². The number of nitrogens with one attached hydrogen (secondary N) is 2. The van der Waals surface area contributed by atoms with Gasteiger partial charge in [0.2, 0.25) is 0 Å². The van der Waals surface area contributed by atoms with Crippen LogP contribution in [-0.2, 0) is 0 Å². The fraction of sp³-hybridized carbons (Fsp3) is 0.444. The summed E-state index contributed by atoms with van der Waals surface area (Å²) in [4.78, 5) is 37.7. The number of carbonyl (C=O) groups excluding carboxylic acids is 1. The van der Waals surface area contributed by atoms with Crippen molar-refractivity contribution >= 4 is 34.6 Å². The SMILES string of the molecule is Cc1ccc([C@H](Nc2nc3c(nc2Nc2cccc(C(=O)N4CCN(C)CC4)c2O)=NCN=3)C(C)(C)C)s1. The van der Waals surface area contributed by atoms with Crippen molar-refractivity contribution in [3.8, 4) is 5.75 Å². The van der Waals surface area contributed by atoms with E-state index in [9.17, 15) is 9.90 Å². The summed E-state index contributed by atoms with van der Waals surface area (Å²) in [5.74, 6) is 0.609. The van der Waals surface area contributed by atoms with Gasteiger partial charge in [0.15, 0.2) is 28.4 Å². The van der Waals surface area contributed by atoms with Crippen molar-refractivity contribution < 1.29 is 9.90 Å². The molecular weight excluding hydrogens is 500 g/mol. The van der Waals surface area contributed by atoms with E-state index in [-0.39, 0.29) is 35.3 Å². The molecule has 11 heteroatoms. The van der Waals surface area contributed by atoms with Gasteiger partial charge in [-0.3, -0.25) is 4.79 Å². The monoisotopic (exact) mass is 534 g/mol. The van der Waals surface area contributed by atoms with E-state index in [4.69, 9.17) is 9.97 Å².